The fourth-order valence-corrected chi connectivity index (χ4v) is 3.58. The molecule has 0 aliphatic carbocycles. The second kappa shape index (κ2) is 9.62. The first-order valence-corrected chi connectivity index (χ1v) is 10.2. The highest BCUT2D eigenvalue weighted by Gasteiger charge is 2.39. The van der Waals surface area contributed by atoms with Gasteiger partial charge in [0.2, 0.25) is 0 Å². The van der Waals surface area contributed by atoms with E-state index in [1.807, 2.05) is 30.3 Å². The minimum Gasteiger partial charge on any atom is -0.497 e. The smallest absolute Gasteiger partial charge is 0.343 e. The number of fused-ring (bicyclic) bond motifs is 1. The molecule has 166 valence electrons. The van der Waals surface area contributed by atoms with Crippen LogP contribution >= 0.6 is 0 Å². The van der Waals surface area contributed by atoms with Crippen molar-refractivity contribution in [1.29, 1.82) is 0 Å². The summed E-state index contributed by atoms with van der Waals surface area (Å²) in [7, 11) is 2.99. The molecule has 3 aromatic rings. The molecular formula is C25H24O7. The van der Waals surface area contributed by atoms with Crippen LogP contribution in [0.5, 0.6) is 23.0 Å². The molecule has 1 aliphatic rings. The van der Waals surface area contributed by atoms with Crippen molar-refractivity contribution in [3.63, 3.8) is 0 Å². The number of carbonyl (C=O) groups is 1. The number of ether oxygens (including phenoxy) is 5. The summed E-state index contributed by atoms with van der Waals surface area (Å²) in [5, 5.41) is 10.9. The fraction of sp³-hybridized carbons (Fsp3) is 0.240. The van der Waals surface area contributed by atoms with E-state index in [9.17, 15) is 9.90 Å². The first-order valence-electron chi connectivity index (χ1n) is 10.2. The van der Waals surface area contributed by atoms with E-state index in [1.54, 1.807) is 36.4 Å². The maximum Gasteiger partial charge on any atom is 0.343 e. The number of hydrogen-bond acceptors (Lipinski definition) is 7. The second-order valence-electron chi connectivity index (χ2n) is 7.14. The Balaban J connectivity index is 1.41. The van der Waals surface area contributed by atoms with Gasteiger partial charge < -0.3 is 28.8 Å². The third-order valence-electron chi connectivity index (χ3n) is 5.18. The van der Waals surface area contributed by atoms with Gasteiger partial charge in [0.05, 0.1) is 14.2 Å². The van der Waals surface area contributed by atoms with Crippen molar-refractivity contribution < 1.29 is 33.6 Å². The van der Waals surface area contributed by atoms with E-state index in [4.69, 9.17) is 23.7 Å². The van der Waals surface area contributed by atoms with E-state index >= 15 is 0 Å². The second-order valence-corrected chi connectivity index (χ2v) is 7.14. The summed E-state index contributed by atoms with van der Waals surface area (Å²) in [6, 6.07) is 19.8. The molecule has 0 bridgehead atoms. The predicted octanol–water partition coefficient (Wildman–Crippen LogP) is 4.11. The molecule has 0 saturated carbocycles. The van der Waals surface area contributed by atoms with Gasteiger partial charge in [-0.3, -0.25) is 0 Å². The van der Waals surface area contributed by atoms with E-state index < -0.39 is 18.2 Å². The molecule has 7 heteroatoms. The minimum absolute atomic E-state index is 0.302. The molecule has 3 aromatic carbocycles. The van der Waals surface area contributed by atoms with Gasteiger partial charge in [-0.25, -0.2) is 4.79 Å². The minimum atomic E-state index is -1.06. The lowest BCUT2D eigenvalue weighted by Crippen LogP contribution is -2.11. The van der Waals surface area contributed by atoms with Crippen LogP contribution in [-0.2, 0) is 4.74 Å². The summed E-state index contributed by atoms with van der Waals surface area (Å²) in [4.78, 5) is 12.4. The fourth-order valence-electron chi connectivity index (χ4n) is 3.58. The number of methoxy groups -OCH3 is 2. The van der Waals surface area contributed by atoms with Crippen LogP contribution in [0.1, 0.15) is 33.7 Å². The van der Waals surface area contributed by atoms with Gasteiger partial charge in [-0.1, -0.05) is 30.3 Å². The topological polar surface area (TPSA) is 83.5 Å². The molecule has 2 atom stereocenters. The SMILES string of the molecule is COc1cc(OC)c2c(c1)C(C(O)c1ccc(OCCOc3ccccc3)cc1)OC2=O. The van der Waals surface area contributed by atoms with Crippen molar-refractivity contribution in [3.05, 3.63) is 83.4 Å². The standard InChI is InChI=1S/C25H24O7/c1-28-19-14-20-22(21(15-19)29-2)25(27)32-24(20)23(26)16-8-10-18(11-9-16)31-13-12-30-17-6-4-3-5-7-17/h3-11,14-15,23-24,26H,12-13H2,1-2H3. The van der Waals surface area contributed by atoms with Crippen LogP contribution in [0.2, 0.25) is 0 Å². The number of aliphatic hydroxyl groups excluding tert-OH is 1. The third kappa shape index (κ3) is 4.48. The molecule has 0 amide bonds. The summed E-state index contributed by atoms with van der Waals surface area (Å²) in [6.07, 6.45) is -1.93. The summed E-state index contributed by atoms with van der Waals surface area (Å²) in [5.41, 5.74) is 1.41. The van der Waals surface area contributed by atoms with E-state index in [0.717, 1.165) is 5.75 Å². The lowest BCUT2D eigenvalue weighted by Gasteiger charge is -2.19. The molecule has 32 heavy (non-hydrogen) atoms. The highest BCUT2D eigenvalue weighted by Crippen LogP contribution is 2.45. The molecular weight excluding hydrogens is 412 g/mol. The molecule has 0 radical (unpaired) electrons. The average Bonchev–Trinajstić information content (AvgIpc) is 3.18. The van der Waals surface area contributed by atoms with E-state index in [-0.39, 0.29) is 0 Å². The van der Waals surface area contributed by atoms with Gasteiger partial charge in [-0.15, -0.1) is 0 Å². The Morgan fingerprint density at radius 1 is 0.875 bits per heavy atom. The quantitative estimate of drug-likeness (QED) is 0.399. The summed E-state index contributed by atoms with van der Waals surface area (Å²) < 4.78 is 27.4. The van der Waals surface area contributed by atoms with Crippen LogP contribution in [-0.4, -0.2) is 38.5 Å². The zero-order chi connectivity index (χ0) is 22.5. The number of carbonyl (C=O) groups excluding carboxylic acids is 1. The number of hydrogen-bond donors (Lipinski definition) is 1. The molecule has 0 spiro atoms. The zero-order valence-corrected chi connectivity index (χ0v) is 17.8. The summed E-state index contributed by atoms with van der Waals surface area (Å²) in [5.74, 6) is 1.75. The first-order chi connectivity index (χ1) is 15.6. The maximum absolute atomic E-state index is 12.4. The van der Waals surface area contributed by atoms with E-state index in [2.05, 4.69) is 0 Å². The molecule has 0 aromatic heterocycles. The number of benzene rings is 3. The molecule has 1 aliphatic heterocycles. The van der Waals surface area contributed by atoms with Gasteiger partial charge in [0.1, 0.15) is 47.9 Å². The third-order valence-corrected chi connectivity index (χ3v) is 5.18. The van der Waals surface area contributed by atoms with Crippen LogP contribution in [0.4, 0.5) is 0 Å². The Labute approximate surface area is 186 Å². The van der Waals surface area contributed by atoms with Crippen molar-refractivity contribution in [1.82, 2.24) is 0 Å². The number of aliphatic hydroxyl groups is 1. The largest absolute Gasteiger partial charge is 0.497 e. The van der Waals surface area contributed by atoms with Crippen molar-refractivity contribution >= 4 is 5.97 Å². The Kier molecular flexibility index (Phi) is 6.47. The molecule has 0 saturated heterocycles. The molecule has 4 rings (SSSR count). The number of para-hydroxylation sites is 1. The van der Waals surface area contributed by atoms with Crippen LogP contribution < -0.4 is 18.9 Å². The van der Waals surface area contributed by atoms with Gasteiger partial charge in [-0.2, -0.15) is 0 Å². The normalized spacial score (nSPS) is 15.5. The van der Waals surface area contributed by atoms with Gasteiger partial charge >= 0.3 is 5.97 Å². The lowest BCUT2D eigenvalue weighted by atomic mass is 9.96. The van der Waals surface area contributed by atoms with Crippen molar-refractivity contribution in [2.45, 2.75) is 12.2 Å². The van der Waals surface area contributed by atoms with Crippen LogP contribution in [0.15, 0.2) is 66.7 Å². The maximum atomic E-state index is 12.4. The number of esters is 1. The first kappa shape index (κ1) is 21.5. The molecule has 7 nitrogen and oxygen atoms in total. The van der Waals surface area contributed by atoms with Gasteiger partial charge in [0.25, 0.3) is 0 Å². The van der Waals surface area contributed by atoms with E-state index in [0.29, 0.717) is 47.2 Å². The van der Waals surface area contributed by atoms with Crippen LogP contribution in [0.3, 0.4) is 0 Å². The van der Waals surface area contributed by atoms with Crippen LogP contribution in [0.25, 0.3) is 0 Å². The van der Waals surface area contributed by atoms with Crippen molar-refractivity contribution in [2.75, 3.05) is 27.4 Å². The van der Waals surface area contributed by atoms with Gasteiger partial charge in [0.15, 0.2) is 6.10 Å². The average molecular weight is 436 g/mol. The van der Waals surface area contributed by atoms with Crippen molar-refractivity contribution in [3.8, 4) is 23.0 Å². The molecule has 2 unspecified atom stereocenters. The van der Waals surface area contributed by atoms with E-state index in [1.165, 1.54) is 14.2 Å². The predicted molar refractivity (Wildman–Crippen MR) is 117 cm³/mol. The Morgan fingerprint density at radius 2 is 1.53 bits per heavy atom. The Hall–Kier alpha value is -3.71. The van der Waals surface area contributed by atoms with Crippen molar-refractivity contribution in [2.24, 2.45) is 0 Å². The highest BCUT2D eigenvalue weighted by molar-refractivity contribution is 5.97. The van der Waals surface area contributed by atoms with Gasteiger partial charge in [0, 0.05) is 11.6 Å². The zero-order valence-electron chi connectivity index (χ0n) is 17.8. The summed E-state index contributed by atoms with van der Waals surface area (Å²) >= 11 is 0. The summed E-state index contributed by atoms with van der Waals surface area (Å²) in [6.45, 7) is 0.789. The lowest BCUT2D eigenvalue weighted by molar-refractivity contribution is -0.0103. The molecule has 0 fully saturated rings. The molecule has 1 heterocycles. The number of cyclic esters (lactones) is 1. The van der Waals surface area contributed by atoms with Crippen LogP contribution in [0, 0.1) is 0 Å². The monoisotopic (exact) mass is 436 g/mol. The Bertz CT molecular complexity index is 1060. The van der Waals surface area contributed by atoms with Gasteiger partial charge in [-0.05, 0) is 35.9 Å². The number of rotatable bonds is 9. The highest BCUT2D eigenvalue weighted by atomic mass is 16.6. The Morgan fingerprint density at radius 3 is 2.16 bits per heavy atom. The molecule has 1 N–H and O–H groups in total.